The van der Waals surface area contributed by atoms with E-state index in [4.69, 9.17) is 0 Å². The molecule has 4 unspecified atom stereocenters. The van der Waals surface area contributed by atoms with E-state index in [1.807, 2.05) is 12.1 Å². The monoisotopic (exact) mass is 591 g/mol. The molecule has 4 atom stereocenters. The third kappa shape index (κ3) is 4.15. The van der Waals surface area contributed by atoms with Gasteiger partial charge >= 0.3 is 0 Å². The Kier molecular flexibility index (Phi) is 6.59. The van der Waals surface area contributed by atoms with E-state index in [0.29, 0.717) is 0 Å². The van der Waals surface area contributed by atoms with E-state index in [1.54, 1.807) is 22.7 Å². The average Bonchev–Trinajstić information content (AvgIpc) is 3.66. The van der Waals surface area contributed by atoms with Crippen molar-refractivity contribution in [2.75, 3.05) is 30.9 Å². The van der Waals surface area contributed by atoms with Gasteiger partial charge in [-0.05, 0) is 47.4 Å². The number of allylic oxidation sites excluding steroid dienone is 1. The van der Waals surface area contributed by atoms with Gasteiger partial charge in [-0.2, -0.15) is 0 Å². The molecule has 2 aliphatic rings. The fraction of sp³-hybridized carbons (Fsp3) is 0.278. The molecule has 6 heteroatoms. The first-order chi connectivity index (χ1) is 20.2. The Morgan fingerprint density at radius 2 is 1.52 bits per heavy atom. The van der Waals surface area contributed by atoms with Crippen LogP contribution in [0.1, 0.15) is 30.2 Å². The summed E-state index contributed by atoms with van der Waals surface area (Å²) in [6.07, 6.45) is 0.483. The van der Waals surface area contributed by atoms with Gasteiger partial charge in [0.15, 0.2) is 0 Å². The van der Waals surface area contributed by atoms with Gasteiger partial charge < -0.3 is 20.0 Å². The molecule has 0 spiro atoms. The standard InChI is InChI=1S/C36H35N2O2S2/c1-36(2)26-12-8-9-13-27(26)38(5)30(36)20-25-32(39)31(33(25)40)28-18-19-29(41-28)35-24-11-7-6-10-23(24)34(42-35)21-14-16-22(17-15-21)37(3)4/h6-20,25,31-33,39H,1-5H3/q-1. The first kappa shape index (κ1) is 27.4. The number of aliphatic hydroxyl groups is 1. The molecule has 0 saturated heterocycles. The molecule has 1 fully saturated rings. The van der Waals surface area contributed by atoms with Gasteiger partial charge in [0, 0.05) is 75.0 Å². The Morgan fingerprint density at radius 3 is 2.19 bits per heavy atom. The van der Waals surface area contributed by atoms with Gasteiger partial charge in [-0.15, -0.1) is 28.8 Å². The molecule has 1 aliphatic carbocycles. The predicted molar refractivity (Wildman–Crippen MR) is 177 cm³/mol. The highest BCUT2D eigenvalue weighted by Gasteiger charge is 2.46. The molecule has 214 valence electrons. The zero-order valence-corrected chi connectivity index (χ0v) is 26.2. The first-order valence-electron chi connectivity index (χ1n) is 14.5. The zero-order valence-electron chi connectivity index (χ0n) is 24.5. The predicted octanol–water partition coefficient (Wildman–Crippen LogP) is 7.48. The van der Waals surface area contributed by atoms with Gasteiger partial charge in [0.05, 0.1) is 11.0 Å². The highest BCUT2D eigenvalue weighted by molar-refractivity contribution is 7.25. The van der Waals surface area contributed by atoms with Gasteiger partial charge in [0.25, 0.3) is 0 Å². The van der Waals surface area contributed by atoms with Crippen LogP contribution >= 0.6 is 22.7 Å². The Bertz CT molecular complexity index is 1800. The summed E-state index contributed by atoms with van der Waals surface area (Å²) in [5, 5.41) is 27.4. The van der Waals surface area contributed by atoms with Crippen LogP contribution in [0.25, 0.3) is 31.0 Å². The largest absolute Gasteiger partial charge is 0.851 e. The van der Waals surface area contributed by atoms with Crippen molar-refractivity contribution in [2.45, 2.75) is 37.4 Å². The summed E-state index contributed by atoms with van der Waals surface area (Å²) < 4.78 is 0. The van der Waals surface area contributed by atoms with Crippen LogP contribution in [0.2, 0.25) is 0 Å². The number of aliphatic hydroxyl groups excluding tert-OH is 1. The van der Waals surface area contributed by atoms with Crippen LogP contribution in [0.15, 0.2) is 96.7 Å². The fourth-order valence-electron chi connectivity index (χ4n) is 6.78. The minimum Gasteiger partial charge on any atom is -0.851 e. The van der Waals surface area contributed by atoms with Gasteiger partial charge in [-0.1, -0.05) is 74.5 Å². The molecule has 3 aromatic carbocycles. The quantitative estimate of drug-likeness (QED) is 0.230. The summed E-state index contributed by atoms with van der Waals surface area (Å²) in [4.78, 5) is 8.89. The summed E-state index contributed by atoms with van der Waals surface area (Å²) >= 11 is 3.46. The molecule has 4 nitrogen and oxygen atoms in total. The summed E-state index contributed by atoms with van der Waals surface area (Å²) in [7, 11) is 6.17. The molecule has 5 aromatic rings. The van der Waals surface area contributed by atoms with Gasteiger partial charge in [0.2, 0.25) is 0 Å². The third-order valence-electron chi connectivity index (χ3n) is 9.23. The lowest BCUT2D eigenvalue weighted by atomic mass is 9.67. The molecule has 7 rings (SSSR count). The number of benzene rings is 3. The van der Waals surface area contributed by atoms with Crippen molar-refractivity contribution in [1.82, 2.24) is 0 Å². The first-order valence-corrected chi connectivity index (χ1v) is 16.1. The van der Waals surface area contributed by atoms with Crippen molar-refractivity contribution in [2.24, 2.45) is 5.92 Å². The van der Waals surface area contributed by atoms with Crippen LogP contribution in [0, 0.1) is 5.92 Å². The summed E-state index contributed by atoms with van der Waals surface area (Å²) in [6.45, 7) is 4.40. The summed E-state index contributed by atoms with van der Waals surface area (Å²) in [5.74, 6) is -0.807. The molecule has 0 amide bonds. The molecule has 0 radical (unpaired) electrons. The molecule has 1 saturated carbocycles. The van der Waals surface area contributed by atoms with Crippen LogP contribution in [-0.4, -0.2) is 38.5 Å². The minimum absolute atomic E-state index is 0.212. The van der Waals surface area contributed by atoms with Crippen LogP contribution in [0.4, 0.5) is 11.4 Å². The maximum atomic E-state index is 13.6. The Balaban J connectivity index is 1.18. The van der Waals surface area contributed by atoms with E-state index in [-0.39, 0.29) is 5.41 Å². The van der Waals surface area contributed by atoms with Gasteiger partial charge in [0.1, 0.15) is 0 Å². The van der Waals surface area contributed by atoms with Crippen molar-refractivity contribution >= 4 is 44.8 Å². The number of anilines is 2. The van der Waals surface area contributed by atoms with Crippen molar-refractivity contribution in [3.63, 3.8) is 0 Å². The van der Waals surface area contributed by atoms with E-state index in [2.05, 4.69) is 124 Å². The van der Waals surface area contributed by atoms with E-state index in [1.165, 1.54) is 43.0 Å². The molecule has 3 heterocycles. The molecule has 1 aliphatic heterocycles. The van der Waals surface area contributed by atoms with Crippen molar-refractivity contribution in [1.29, 1.82) is 0 Å². The lowest BCUT2D eigenvalue weighted by molar-refractivity contribution is -0.467. The highest BCUT2D eigenvalue weighted by Crippen LogP contribution is 2.52. The van der Waals surface area contributed by atoms with Gasteiger partial charge in [-0.25, -0.2) is 0 Å². The maximum absolute atomic E-state index is 13.6. The van der Waals surface area contributed by atoms with Crippen LogP contribution < -0.4 is 14.9 Å². The second-order valence-electron chi connectivity index (χ2n) is 12.3. The van der Waals surface area contributed by atoms with E-state index in [0.717, 1.165) is 15.5 Å². The molecule has 42 heavy (non-hydrogen) atoms. The van der Waals surface area contributed by atoms with Crippen molar-refractivity contribution in [3.05, 3.63) is 107 Å². The Morgan fingerprint density at radius 1 is 0.857 bits per heavy atom. The fourth-order valence-corrected chi connectivity index (χ4v) is 9.37. The summed E-state index contributed by atoms with van der Waals surface area (Å²) in [6, 6.07) is 29.9. The van der Waals surface area contributed by atoms with Crippen LogP contribution in [-0.2, 0) is 5.41 Å². The van der Waals surface area contributed by atoms with E-state index < -0.39 is 24.0 Å². The molecule has 1 N–H and O–H groups in total. The lowest BCUT2D eigenvalue weighted by Crippen LogP contribution is -2.59. The second-order valence-corrected chi connectivity index (χ2v) is 14.4. The minimum atomic E-state index is -0.877. The number of likely N-dealkylation sites (N-methyl/N-ethyl adjacent to an activating group) is 1. The number of thiophene rings is 2. The molecular weight excluding hydrogens is 557 g/mol. The Labute approximate surface area is 255 Å². The third-order valence-corrected chi connectivity index (χ3v) is 11.9. The maximum Gasteiger partial charge on any atom is 0.0659 e. The topological polar surface area (TPSA) is 49.8 Å². The van der Waals surface area contributed by atoms with Crippen LogP contribution in [0.3, 0.4) is 0 Å². The molecule has 2 aromatic heterocycles. The lowest BCUT2D eigenvalue weighted by Gasteiger charge is -2.53. The zero-order chi connectivity index (χ0) is 29.3. The van der Waals surface area contributed by atoms with Gasteiger partial charge in [-0.3, -0.25) is 0 Å². The number of rotatable bonds is 5. The Hall–Kier alpha value is -3.42. The smallest absolute Gasteiger partial charge is 0.0659 e. The summed E-state index contributed by atoms with van der Waals surface area (Å²) in [5.41, 5.74) is 5.69. The number of hydrogen-bond acceptors (Lipinski definition) is 6. The average molecular weight is 592 g/mol. The van der Waals surface area contributed by atoms with E-state index in [9.17, 15) is 10.2 Å². The highest BCUT2D eigenvalue weighted by atomic mass is 32.1. The number of para-hydroxylation sites is 1. The SMILES string of the molecule is CN(C)c1ccc(-c2sc(-c3ccc(C4C([O-])C(C=C5N(C)c6ccccc6C5(C)C)C4O)s3)c3ccccc23)cc1. The van der Waals surface area contributed by atoms with Crippen molar-refractivity contribution < 1.29 is 10.2 Å². The second kappa shape index (κ2) is 10.1. The number of nitrogens with zero attached hydrogens (tertiary/aromatic N) is 2. The molecule has 0 bridgehead atoms. The normalized spacial score (nSPS) is 23.8. The molecular formula is C36H35N2O2S2-. The van der Waals surface area contributed by atoms with Crippen LogP contribution in [0.5, 0.6) is 0 Å². The van der Waals surface area contributed by atoms with E-state index >= 15 is 0 Å². The number of hydrogen-bond donors (Lipinski definition) is 1. The van der Waals surface area contributed by atoms with Crippen molar-refractivity contribution in [3.8, 4) is 20.2 Å². The number of fused-ring (bicyclic) bond motifs is 2.